The Hall–Kier alpha value is -0.120. The first-order valence-electron chi connectivity index (χ1n) is 7.84. The minimum Gasteiger partial charge on any atom is -0.317 e. The largest absolute Gasteiger partial charge is 0.317 e. The third-order valence-electron chi connectivity index (χ3n) is 5.18. The number of likely N-dealkylation sites (N-methyl/N-ethyl adjacent to an activating group) is 1. The van der Waals surface area contributed by atoms with Gasteiger partial charge in [-0.15, -0.1) is 0 Å². The molecule has 106 valence electrons. The second-order valence-electron chi connectivity index (χ2n) is 6.22. The summed E-state index contributed by atoms with van der Waals surface area (Å²) in [5.74, 6) is 0.926. The molecule has 1 N–H and O–H groups in total. The molecule has 3 unspecified atom stereocenters. The molecule has 0 aromatic rings. The standard InChI is InChI=1S/C15H31N3/c1-4-14-12-18(11-10-17(14)3)9-8-13-6-5-7-15(13)16-2/h13-16H,4-12H2,1-3H3. The average Bonchev–Trinajstić information content (AvgIpc) is 2.85. The summed E-state index contributed by atoms with van der Waals surface area (Å²) >= 11 is 0. The maximum absolute atomic E-state index is 3.50. The van der Waals surface area contributed by atoms with Gasteiger partial charge in [0, 0.05) is 31.7 Å². The molecule has 1 saturated carbocycles. The summed E-state index contributed by atoms with van der Waals surface area (Å²) in [4.78, 5) is 5.22. The first-order valence-corrected chi connectivity index (χ1v) is 7.84. The second-order valence-corrected chi connectivity index (χ2v) is 6.22. The van der Waals surface area contributed by atoms with Crippen molar-refractivity contribution < 1.29 is 0 Å². The van der Waals surface area contributed by atoms with E-state index in [2.05, 4.69) is 36.1 Å². The topological polar surface area (TPSA) is 18.5 Å². The zero-order valence-corrected chi connectivity index (χ0v) is 12.5. The third-order valence-corrected chi connectivity index (χ3v) is 5.18. The van der Waals surface area contributed by atoms with Gasteiger partial charge in [0.15, 0.2) is 0 Å². The van der Waals surface area contributed by atoms with Crippen molar-refractivity contribution in [1.82, 2.24) is 15.1 Å². The van der Waals surface area contributed by atoms with Crippen molar-refractivity contribution in [3.63, 3.8) is 0 Å². The zero-order valence-electron chi connectivity index (χ0n) is 12.5. The Morgan fingerprint density at radius 1 is 1.22 bits per heavy atom. The van der Waals surface area contributed by atoms with Crippen molar-refractivity contribution in [2.24, 2.45) is 5.92 Å². The van der Waals surface area contributed by atoms with Crippen LogP contribution >= 0.6 is 0 Å². The highest BCUT2D eigenvalue weighted by Gasteiger charge is 2.27. The molecule has 3 heteroatoms. The van der Waals surface area contributed by atoms with Crippen molar-refractivity contribution in [3.8, 4) is 0 Å². The number of hydrogen-bond acceptors (Lipinski definition) is 3. The van der Waals surface area contributed by atoms with Crippen LogP contribution in [0, 0.1) is 5.92 Å². The number of rotatable bonds is 5. The number of hydrogen-bond donors (Lipinski definition) is 1. The minimum atomic E-state index is 0.780. The van der Waals surface area contributed by atoms with Crippen molar-refractivity contribution in [1.29, 1.82) is 0 Å². The van der Waals surface area contributed by atoms with E-state index in [1.807, 2.05) is 0 Å². The monoisotopic (exact) mass is 253 g/mol. The van der Waals surface area contributed by atoms with Crippen molar-refractivity contribution in [2.75, 3.05) is 40.3 Å². The molecule has 0 amide bonds. The van der Waals surface area contributed by atoms with Gasteiger partial charge in [-0.3, -0.25) is 0 Å². The maximum Gasteiger partial charge on any atom is 0.0218 e. The molecule has 2 rings (SSSR count). The lowest BCUT2D eigenvalue weighted by Gasteiger charge is -2.39. The highest BCUT2D eigenvalue weighted by molar-refractivity contribution is 4.84. The molecule has 1 aliphatic carbocycles. The third kappa shape index (κ3) is 3.46. The summed E-state index contributed by atoms with van der Waals surface area (Å²) in [6.07, 6.45) is 6.94. The van der Waals surface area contributed by atoms with Crippen LogP contribution in [0.2, 0.25) is 0 Å². The first kappa shape index (κ1) is 14.3. The Balaban J connectivity index is 1.73. The highest BCUT2D eigenvalue weighted by Crippen LogP contribution is 2.28. The SMILES string of the molecule is CCC1CN(CCC2CCCC2NC)CCN1C. The molecule has 18 heavy (non-hydrogen) atoms. The van der Waals surface area contributed by atoms with Gasteiger partial charge < -0.3 is 15.1 Å². The molecule has 0 radical (unpaired) electrons. The van der Waals surface area contributed by atoms with Gasteiger partial charge in [-0.1, -0.05) is 13.3 Å². The lowest BCUT2D eigenvalue weighted by Crippen LogP contribution is -2.51. The van der Waals surface area contributed by atoms with E-state index < -0.39 is 0 Å². The van der Waals surface area contributed by atoms with E-state index >= 15 is 0 Å². The highest BCUT2D eigenvalue weighted by atomic mass is 15.3. The molecule has 1 heterocycles. The van der Waals surface area contributed by atoms with Crippen LogP contribution in [0.4, 0.5) is 0 Å². The predicted octanol–water partition coefficient (Wildman–Crippen LogP) is 1.79. The Labute approximate surface area is 113 Å². The Kier molecular flexibility index (Phi) is 5.46. The second kappa shape index (κ2) is 6.88. The van der Waals surface area contributed by atoms with Gasteiger partial charge in [0.2, 0.25) is 0 Å². The predicted molar refractivity (Wildman–Crippen MR) is 78.0 cm³/mol. The quantitative estimate of drug-likeness (QED) is 0.806. The van der Waals surface area contributed by atoms with E-state index in [9.17, 15) is 0 Å². The van der Waals surface area contributed by atoms with Crippen molar-refractivity contribution >= 4 is 0 Å². The zero-order chi connectivity index (χ0) is 13.0. The van der Waals surface area contributed by atoms with Crippen LogP contribution in [-0.2, 0) is 0 Å². The molecule has 2 aliphatic rings. The van der Waals surface area contributed by atoms with E-state index in [0.717, 1.165) is 18.0 Å². The van der Waals surface area contributed by atoms with Crippen LogP contribution in [0.15, 0.2) is 0 Å². The van der Waals surface area contributed by atoms with Gasteiger partial charge in [0.1, 0.15) is 0 Å². The molecule has 3 atom stereocenters. The van der Waals surface area contributed by atoms with Gasteiger partial charge in [-0.05, 0) is 52.2 Å². The van der Waals surface area contributed by atoms with Gasteiger partial charge >= 0.3 is 0 Å². The molecule has 0 bridgehead atoms. The van der Waals surface area contributed by atoms with Crippen LogP contribution in [0.1, 0.15) is 39.0 Å². The van der Waals surface area contributed by atoms with Crippen LogP contribution in [-0.4, -0.2) is 62.2 Å². The van der Waals surface area contributed by atoms with Gasteiger partial charge in [-0.25, -0.2) is 0 Å². The van der Waals surface area contributed by atoms with Crippen LogP contribution < -0.4 is 5.32 Å². The van der Waals surface area contributed by atoms with Crippen LogP contribution in [0.3, 0.4) is 0 Å². The molecular weight excluding hydrogens is 222 g/mol. The van der Waals surface area contributed by atoms with E-state index in [1.54, 1.807) is 0 Å². The summed E-state index contributed by atoms with van der Waals surface area (Å²) in [5.41, 5.74) is 0. The lowest BCUT2D eigenvalue weighted by molar-refractivity contribution is 0.0881. The Morgan fingerprint density at radius 2 is 2.06 bits per heavy atom. The first-order chi connectivity index (χ1) is 8.74. The maximum atomic E-state index is 3.50. The Morgan fingerprint density at radius 3 is 2.78 bits per heavy atom. The number of nitrogens with one attached hydrogen (secondary N) is 1. The van der Waals surface area contributed by atoms with Crippen molar-refractivity contribution in [3.05, 3.63) is 0 Å². The van der Waals surface area contributed by atoms with E-state index in [1.165, 1.54) is 58.3 Å². The summed E-state index contributed by atoms with van der Waals surface area (Å²) in [5, 5.41) is 3.50. The molecule has 0 spiro atoms. The summed E-state index contributed by atoms with van der Waals surface area (Å²) in [7, 11) is 4.41. The van der Waals surface area contributed by atoms with Gasteiger partial charge in [0.25, 0.3) is 0 Å². The van der Waals surface area contributed by atoms with Crippen LogP contribution in [0.5, 0.6) is 0 Å². The normalized spacial score (nSPS) is 35.2. The van der Waals surface area contributed by atoms with E-state index in [4.69, 9.17) is 0 Å². The molecule has 1 aliphatic heterocycles. The van der Waals surface area contributed by atoms with Gasteiger partial charge in [-0.2, -0.15) is 0 Å². The fraction of sp³-hybridized carbons (Fsp3) is 1.00. The molecule has 1 saturated heterocycles. The number of piperazine rings is 1. The minimum absolute atomic E-state index is 0.780. The number of nitrogens with zero attached hydrogens (tertiary/aromatic N) is 2. The summed E-state index contributed by atoms with van der Waals surface area (Å²) in [6, 6.07) is 1.57. The van der Waals surface area contributed by atoms with Crippen molar-refractivity contribution in [2.45, 2.75) is 51.1 Å². The van der Waals surface area contributed by atoms with E-state index in [0.29, 0.717) is 0 Å². The summed E-state index contributed by atoms with van der Waals surface area (Å²) in [6.45, 7) is 7.43. The van der Waals surface area contributed by atoms with Gasteiger partial charge in [0.05, 0.1) is 0 Å². The van der Waals surface area contributed by atoms with Crippen LogP contribution in [0.25, 0.3) is 0 Å². The lowest BCUT2D eigenvalue weighted by atomic mass is 9.99. The molecule has 3 nitrogen and oxygen atoms in total. The van der Waals surface area contributed by atoms with E-state index in [-0.39, 0.29) is 0 Å². The fourth-order valence-electron chi connectivity index (χ4n) is 3.77. The summed E-state index contributed by atoms with van der Waals surface area (Å²) < 4.78 is 0. The smallest absolute Gasteiger partial charge is 0.0218 e. The molecule has 0 aromatic heterocycles. The Bertz CT molecular complexity index is 244. The molecule has 0 aromatic carbocycles. The molecular formula is C15H31N3. The molecule has 2 fully saturated rings. The average molecular weight is 253 g/mol. The fourth-order valence-corrected chi connectivity index (χ4v) is 3.77.